The maximum absolute atomic E-state index is 10.0. The van der Waals surface area contributed by atoms with Gasteiger partial charge in [0.25, 0.3) is 0 Å². The van der Waals surface area contributed by atoms with Crippen LogP contribution in [-0.2, 0) is 6.42 Å². The lowest BCUT2D eigenvalue weighted by Gasteiger charge is -2.27. The molecule has 0 aromatic heterocycles. The Bertz CT molecular complexity index is 1090. The summed E-state index contributed by atoms with van der Waals surface area (Å²) in [5, 5.41) is 11.8. The molecule has 166 valence electrons. The van der Waals surface area contributed by atoms with E-state index < -0.39 is 6.35 Å². The van der Waals surface area contributed by atoms with Crippen molar-refractivity contribution in [2.45, 2.75) is 45.6 Å². The number of benzene rings is 2. The Hall–Kier alpha value is -2.92. The number of rotatable bonds is 6. The monoisotopic (exact) mass is 432 g/mol. The molecule has 9 heteroatoms. The van der Waals surface area contributed by atoms with Gasteiger partial charge in [-0.05, 0) is 35.6 Å². The smallest absolute Gasteiger partial charge is 0.221 e. The van der Waals surface area contributed by atoms with Crippen molar-refractivity contribution in [1.29, 1.82) is 0 Å². The summed E-state index contributed by atoms with van der Waals surface area (Å²) in [6.45, 7) is 4.08. The van der Waals surface area contributed by atoms with Gasteiger partial charge in [0.15, 0.2) is 5.84 Å². The van der Waals surface area contributed by atoms with Gasteiger partial charge >= 0.3 is 0 Å². The minimum atomic E-state index is -0.938. The minimum Gasteiger partial charge on any atom is -0.358 e. The molecule has 0 saturated carbocycles. The van der Waals surface area contributed by atoms with Crippen molar-refractivity contribution >= 4 is 11.7 Å². The highest BCUT2D eigenvalue weighted by Gasteiger charge is 2.32. The Kier molecular flexibility index (Phi) is 5.83. The average molecular weight is 433 g/mol. The second-order valence-electron chi connectivity index (χ2n) is 8.06. The molecule has 3 aliphatic rings. The SMILES string of the molecule is CCCC1=C(Cc2ccc(-c3ccccc3C3NNNN3)cc2)C2=NC(O)NN2C(C)=N1. The summed E-state index contributed by atoms with van der Waals surface area (Å²) < 4.78 is 0. The van der Waals surface area contributed by atoms with E-state index in [9.17, 15) is 5.11 Å². The van der Waals surface area contributed by atoms with Gasteiger partial charge in [-0.3, -0.25) is 0 Å². The van der Waals surface area contributed by atoms with Crippen LogP contribution in [0.25, 0.3) is 11.1 Å². The molecule has 0 radical (unpaired) electrons. The van der Waals surface area contributed by atoms with Gasteiger partial charge in [0.1, 0.15) is 12.0 Å². The highest BCUT2D eigenvalue weighted by atomic mass is 16.3. The van der Waals surface area contributed by atoms with E-state index in [2.05, 4.69) is 81.7 Å². The predicted octanol–water partition coefficient (Wildman–Crippen LogP) is 1.99. The molecular weight excluding hydrogens is 404 g/mol. The number of aliphatic hydroxyl groups excluding tert-OH is 1. The van der Waals surface area contributed by atoms with Crippen molar-refractivity contribution in [3.05, 3.63) is 70.9 Å². The topological polar surface area (TPSA) is 108 Å². The van der Waals surface area contributed by atoms with E-state index in [4.69, 9.17) is 4.99 Å². The number of aliphatic hydroxyl groups is 1. The van der Waals surface area contributed by atoms with Crippen molar-refractivity contribution in [1.82, 2.24) is 32.4 Å². The number of hydrazine groups is 4. The van der Waals surface area contributed by atoms with Crippen LogP contribution in [-0.4, -0.2) is 28.1 Å². The van der Waals surface area contributed by atoms with E-state index in [0.717, 1.165) is 52.5 Å². The molecule has 0 amide bonds. The van der Waals surface area contributed by atoms with Crippen LogP contribution in [0.4, 0.5) is 0 Å². The van der Waals surface area contributed by atoms with Crippen molar-refractivity contribution in [3.63, 3.8) is 0 Å². The molecule has 3 heterocycles. The average Bonchev–Trinajstić information content (AvgIpc) is 3.47. The van der Waals surface area contributed by atoms with Gasteiger partial charge in [0, 0.05) is 17.7 Å². The second kappa shape index (κ2) is 8.91. The first-order valence-electron chi connectivity index (χ1n) is 10.9. The van der Waals surface area contributed by atoms with Gasteiger partial charge in [0.2, 0.25) is 6.35 Å². The molecule has 5 rings (SSSR count). The summed E-state index contributed by atoms with van der Waals surface area (Å²) >= 11 is 0. The molecule has 1 fully saturated rings. The number of nitrogens with one attached hydrogen (secondary N) is 5. The van der Waals surface area contributed by atoms with Crippen molar-refractivity contribution in [2.75, 3.05) is 0 Å². The quantitative estimate of drug-likeness (QED) is 0.414. The van der Waals surface area contributed by atoms with E-state index in [1.165, 1.54) is 5.56 Å². The molecule has 6 N–H and O–H groups in total. The molecule has 3 aliphatic heterocycles. The number of hydrogen-bond acceptors (Lipinski definition) is 9. The Balaban J connectivity index is 1.44. The highest BCUT2D eigenvalue weighted by molar-refractivity contribution is 6.11. The number of aliphatic imine (C=N–C) groups is 2. The number of allylic oxidation sites excluding steroid dienone is 1. The number of hydrogen-bond donors (Lipinski definition) is 6. The lowest BCUT2D eigenvalue weighted by molar-refractivity contribution is 0.126. The summed E-state index contributed by atoms with van der Waals surface area (Å²) in [6.07, 6.45) is 1.62. The van der Waals surface area contributed by atoms with Crippen LogP contribution in [0.2, 0.25) is 0 Å². The number of fused-ring (bicyclic) bond motifs is 1. The molecule has 0 bridgehead atoms. The zero-order valence-electron chi connectivity index (χ0n) is 18.2. The lowest BCUT2D eigenvalue weighted by Crippen LogP contribution is -2.46. The van der Waals surface area contributed by atoms with Crippen LogP contribution in [0.15, 0.2) is 69.8 Å². The Morgan fingerprint density at radius 3 is 2.53 bits per heavy atom. The summed E-state index contributed by atoms with van der Waals surface area (Å²) in [6, 6.07) is 17.0. The van der Waals surface area contributed by atoms with Crippen LogP contribution in [0.3, 0.4) is 0 Å². The molecule has 0 aliphatic carbocycles. The molecule has 9 nitrogen and oxygen atoms in total. The van der Waals surface area contributed by atoms with Crippen LogP contribution in [0.5, 0.6) is 0 Å². The van der Waals surface area contributed by atoms with Gasteiger partial charge in [0.05, 0.1) is 0 Å². The Labute approximate surface area is 187 Å². The fourth-order valence-corrected chi connectivity index (χ4v) is 4.33. The third-order valence-electron chi connectivity index (χ3n) is 5.84. The van der Waals surface area contributed by atoms with E-state index in [0.29, 0.717) is 6.42 Å². The number of nitrogens with zero attached hydrogens (tertiary/aromatic N) is 3. The van der Waals surface area contributed by atoms with Crippen molar-refractivity contribution < 1.29 is 5.11 Å². The summed E-state index contributed by atoms with van der Waals surface area (Å²) in [4.78, 5) is 9.20. The maximum Gasteiger partial charge on any atom is 0.221 e. The molecule has 32 heavy (non-hydrogen) atoms. The van der Waals surface area contributed by atoms with E-state index in [1.807, 2.05) is 13.0 Å². The lowest BCUT2D eigenvalue weighted by atomic mass is 9.94. The van der Waals surface area contributed by atoms with E-state index in [-0.39, 0.29) is 6.17 Å². The molecular formula is C23H28N8O. The van der Waals surface area contributed by atoms with Crippen LogP contribution in [0.1, 0.15) is 44.0 Å². The van der Waals surface area contributed by atoms with Gasteiger partial charge in [-0.2, -0.15) is 16.5 Å². The third kappa shape index (κ3) is 3.97. The summed E-state index contributed by atoms with van der Waals surface area (Å²) in [7, 11) is 0. The van der Waals surface area contributed by atoms with Crippen molar-refractivity contribution in [2.24, 2.45) is 9.98 Å². The first kappa shape index (κ1) is 21.0. The zero-order valence-corrected chi connectivity index (χ0v) is 18.2. The fourth-order valence-electron chi connectivity index (χ4n) is 4.33. The molecule has 1 saturated heterocycles. The Morgan fingerprint density at radius 2 is 1.78 bits per heavy atom. The van der Waals surface area contributed by atoms with Gasteiger partial charge < -0.3 is 5.11 Å². The van der Waals surface area contributed by atoms with Crippen LogP contribution in [0, 0.1) is 0 Å². The van der Waals surface area contributed by atoms with E-state index in [1.54, 1.807) is 5.01 Å². The molecule has 2 aromatic carbocycles. The van der Waals surface area contributed by atoms with Crippen LogP contribution >= 0.6 is 0 Å². The molecule has 1 atom stereocenters. The third-order valence-corrected chi connectivity index (χ3v) is 5.84. The Morgan fingerprint density at radius 1 is 1.03 bits per heavy atom. The standard InChI is InChI=1S/C23H28N8O/c1-3-6-20-19(22-25-23(32)28-31(22)14(2)24-20)13-15-9-11-16(12-10-15)17-7-4-5-8-18(17)21-26-29-30-27-21/h4-5,7-12,21,23,26-30,32H,3,6,13H2,1-2H3. The highest BCUT2D eigenvalue weighted by Crippen LogP contribution is 2.30. The van der Waals surface area contributed by atoms with Crippen LogP contribution < -0.4 is 27.3 Å². The fraction of sp³-hybridized carbons (Fsp3) is 0.304. The first-order valence-corrected chi connectivity index (χ1v) is 10.9. The number of amidine groups is 2. The summed E-state index contributed by atoms with van der Waals surface area (Å²) in [5.41, 5.74) is 21.8. The van der Waals surface area contributed by atoms with Gasteiger partial charge in [-0.25, -0.2) is 25.8 Å². The second-order valence-corrected chi connectivity index (χ2v) is 8.06. The van der Waals surface area contributed by atoms with Gasteiger partial charge in [-0.15, -0.1) is 0 Å². The largest absolute Gasteiger partial charge is 0.358 e. The molecule has 1 unspecified atom stereocenters. The minimum absolute atomic E-state index is 0.0266. The van der Waals surface area contributed by atoms with E-state index >= 15 is 0 Å². The normalized spacial score (nSPS) is 21.1. The zero-order chi connectivity index (χ0) is 22.1. The predicted molar refractivity (Wildman–Crippen MR) is 124 cm³/mol. The summed E-state index contributed by atoms with van der Waals surface area (Å²) in [5.74, 6) is 1.57. The van der Waals surface area contributed by atoms with Crippen molar-refractivity contribution in [3.8, 4) is 11.1 Å². The first-order chi connectivity index (χ1) is 15.6. The molecule has 0 spiro atoms. The van der Waals surface area contributed by atoms with Gasteiger partial charge in [-0.1, -0.05) is 61.9 Å². The maximum atomic E-state index is 10.0. The molecule has 2 aromatic rings.